The number of carbonyl (C=O) groups is 2. The van der Waals surface area contributed by atoms with Gasteiger partial charge in [0.15, 0.2) is 0 Å². The highest BCUT2D eigenvalue weighted by Crippen LogP contribution is 2.20. The zero-order valence-corrected chi connectivity index (χ0v) is 12.6. The zero-order chi connectivity index (χ0) is 16.8. The maximum atomic E-state index is 11.4. The Morgan fingerprint density at radius 2 is 2.26 bits per heavy atom. The molecular formula is C15H19N3O5. The number of rotatable bonds is 8. The van der Waals surface area contributed by atoms with Crippen LogP contribution in [-0.2, 0) is 16.0 Å². The molecule has 0 aromatic heterocycles. The van der Waals surface area contributed by atoms with Crippen LogP contribution in [0.2, 0.25) is 0 Å². The van der Waals surface area contributed by atoms with Crippen molar-refractivity contribution in [3.8, 4) is 0 Å². The summed E-state index contributed by atoms with van der Waals surface area (Å²) in [6, 6.07) is 5.09. The second-order valence-electron chi connectivity index (χ2n) is 5.48. The van der Waals surface area contributed by atoms with Gasteiger partial charge in [-0.25, -0.2) is 10.4 Å². The lowest BCUT2D eigenvalue weighted by atomic mass is 10.0. The predicted molar refractivity (Wildman–Crippen MR) is 81.8 cm³/mol. The molecule has 1 heterocycles. The highest BCUT2D eigenvalue weighted by molar-refractivity contribution is 5.73. The van der Waals surface area contributed by atoms with Crippen LogP contribution < -0.4 is 5.43 Å². The van der Waals surface area contributed by atoms with Crippen molar-refractivity contribution in [2.75, 3.05) is 6.54 Å². The van der Waals surface area contributed by atoms with Gasteiger partial charge in [-0.3, -0.25) is 14.9 Å². The minimum absolute atomic E-state index is 0.0106. The van der Waals surface area contributed by atoms with Gasteiger partial charge in [-0.2, -0.15) is 0 Å². The number of nitrogens with zero attached hydrogens (tertiary/aromatic N) is 2. The van der Waals surface area contributed by atoms with E-state index in [0.29, 0.717) is 18.5 Å². The quantitative estimate of drug-likeness (QED) is 0.419. The number of aliphatic carboxylic acids is 1. The van der Waals surface area contributed by atoms with E-state index < -0.39 is 16.9 Å². The second-order valence-corrected chi connectivity index (χ2v) is 5.48. The molecule has 8 nitrogen and oxygen atoms in total. The van der Waals surface area contributed by atoms with Gasteiger partial charge in [-0.1, -0.05) is 18.2 Å². The van der Waals surface area contributed by atoms with E-state index in [1.165, 1.54) is 6.07 Å². The Balaban J connectivity index is 2.02. The van der Waals surface area contributed by atoms with Gasteiger partial charge in [-0.05, 0) is 25.7 Å². The van der Waals surface area contributed by atoms with E-state index in [-0.39, 0.29) is 24.6 Å². The highest BCUT2D eigenvalue weighted by Gasteiger charge is 2.29. The summed E-state index contributed by atoms with van der Waals surface area (Å²) in [7, 11) is 0. The largest absolute Gasteiger partial charge is 0.480 e. The summed E-state index contributed by atoms with van der Waals surface area (Å²) in [5.41, 5.74) is 3.36. The number of aldehydes is 1. The third-order valence-electron chi connectivity index (χ3n) is 3.97. The van der Waals surface area contributed by atoms with Crippen LogP contribution in [0.25, 0.3) is 0 Å². The van der Waals surface area contributed by atoms with Gasteiger partial charge in [0.05, 0.1) is 11.0 Å². The normalized spacial score (nSPS) is 19.4. The predicted octanol–water partition coefficient (Wildman–Crippen LogP) is 1.15. The molecule has 0 unspecified atom stereocenters. The third kappa shape index (κ3) is 4.33. The lowest BCUT2D eigenvalue weighted by Crippen LogP contribution is -2.51. The Morgan fingerprint density at radius 3 is 2.91 bits per heavy atom. The van der Waals surface area contributed by atoms with Crippen molar-refractivity contribution in [3.63, 3.8) is 0 Å². The number of carbonyl (C=O) groups excluding carboxylic acids is 1. The number of carboxylic acid groups (broad SMARTS) is 1. The molecule has 1 aromatic carbocycles. The molecule has 2 N–H and O–H groups in total. The Labute approximate surface area is 133 Å². The summed E-state index contributed by atoms with van der Waals surface area (Å²) >= 11 is 0. The first-order valence-electron chi connectivity index (χ1n) is 7.46. The van der Waals surface area contributed by atoms with Crippen LogP contribution in [0.15, 0.2) is 24.3 Å². The van der Waals surface area contributed by atoms with Crippen molar-refractivity contribution < 1.29 is 19.6 Å². The molecule has 0 aliphatic carbocycles. The zero-order valence-electron chi connectivity index (χ0n) is 12.6. The van der Waals surface area contributed by atoms with Crippen molar-refractivity contribution in [2.24, 2.45) is 0 Å². The van der Waals surface area contributed by atoms with Crippen LogP contribution in [0.1, 0.15) is 24.8 Å². The van der Waals surface area contributed by atoms with Gasteiger partial charge >= 0.3 is 5.97 Å². The summed E-state index contributed by atoms with van der Waals surface area (Å²) in [5.74, 6) is -1.04. The second kappa shape index (κ2) is 7.80. The third-order valence-corrected chi connectivity index (χ3v) is 3.97. The standard InChI is InChI=1S/C15H19N3O5/c19-10-12-5-3-9-17(12)16-13(15(20)21)8-7-11-4-1-2-6-14(11)18(22)23/h1-2,4,6,10,12-13,16H,3,5,7-9H2,(H,20,21)/t12-,13+/m0/s1. The van der Waals surface area contributed by atoms with Crippen molar-refractivity contribution in [1.82, 2.24) is 10.4 Å². The highest BCUT2D eigenvalue weighted by atomic mass is 16.6. The summed E-state index contributed by atoms with van der Waals surface area (Å²) in [6.07, 6.45) is 2.80. The number of nitro benzene ring substituents is 1. The molecule has 2 rings (SSSR count). The fourth-order valence-electron chi connectivity index (χ4n) is 2.74. The monoisotopic (exact) mass is 321 g/mol. The molecule has 8 heteroatoms. The molecule has 124 valence electrons. The summed E-state index contributed by atoms with van der Waals surface area (Å²) in [4.78, 5) is 32.9. The molecule has 1 saturated heterocycles. The number of aryl methyl sites for hydroxylation is 1. The Kier molecular flexibility index (Phi) is 5.78. The van der Waals surface area contributed by atoms with Crippen molar-refractivity contribution in [1.29, 1.82) is 0 Å². The molecule has 0 saturated carbocycles. The molecule has 1 fully saturated rings. The Bertz CT molecular complexity index is 592. The van der Waals surface area contributed by atoms with E-state index in [1.54, 1.807) is 23.2 Å². The van der Waals surface area contributed by atoms with Crippen LogP contribution in [0.4, 0.5) is 5.69 Å². The minimum atomic E-state index is -1.04. The summed E-state index contributed by atoms with van der Waals surface area (Å²) in [5, 5.41) is 22.0. The lowest BCUT2D eigenvalue weighted by molar-refractivity contribution is -0.385. The number of nitro groups is 1. The first kappa shape index (κ1) is 17.0. The van der Waals surface area contributed by atoms with Gasteiger partial charge < -0.3 is 9.90 Å². The number of hydrogen-bond donors (Lipinski definition) is 2. The molecule has 0 bridgehead atoms. The molecular weight excluding hydrogens is 302 g/mol. The average molecular weight is 321 g/mol. The van der Waals surface area contributed by atoms with Crippen molar-refractivity contribution in [2.45, 2.75) is 37.8 Å². The first-order valence-corrected chi connectivity index (χ1v) is 7.46. The van der Waals surface area contributed by atoms with E-state index in [0.717, 1.165) is 12.7 Å². The lowest BCUT2D eigenvalue weighted by Gasteiger charge is -2.25. The van der Waals surface area contributed by atoms with Gasteiger partial charge in [0, 0.05) is 18.2 Å². The molecule has 0 radical (unpaired) electrons. The summed E-state index contributed by atoms with van der Waals surface area (Å²) < 4.78 is 0. The van der Waals surface area contributed by atoms with Gasteiger partial charge in [0.2, 0.25) is 0 Å². The van der Waals surface area contributed by atoms with Crippen LogP contribution >= 0.6 is 0 Å². The smallest absolute Gasteiger partial charge is 0.322 e. The number of benzene rings is 1. The maximum Gasteiger partial charge on any atom is 0.322 e. The number of hydrazine groups is 1. The SMILES string of the molecule is O=C[C@@H]1CCCN1N[C@H](CCc1ccccc1[N+](=O)[O-])C(=O)O. The van der Waals surface area contributed by atoms with Gasteiger partial charge in [0.25, 0.3) is 5.69 Å². The minimum Gasteiger partial charge on any atom is -0.480 e. The van der Waals surface area contributed by atoms with Crippen molar-refractivity contribution in [3.05, 3.63) is 39.9 Å². The molecule has 0 spiro atoms. The van der Waals surface area contributed by atoms with Crippen LogP contribution in [0, 0.1) is 10.1 Å². The Hall–Kier alpha value is -2.32. The van der Waals surface area contributed by atoms with E-state index >= 15 is 0 Å². The van der Waals surface area contributed by atoms with E-state index in [9.17, 15) is 24.8 Å². The topological polar surface area (TPSA) is 113 Å². The van der Waals surface area contributed by atoms with E-state index in [4.69, 9.17) is 0 Å². The maximum absolute atomic E-state index is 11.4. The van der Waals surface area contributed by atoms with Crippen LogP contribution in [0.3, 0.4) is 0 Å². The molecule has 2 atom stereocenters. The van der Waals surface area contributed by atoms with Gasteiger partial charge in [-0.15, -0.1) is 0 Å². The number of carboxylic acids is 1. The van der Waals surface area contributed by atoms with E-state index in [2.05, 4.69) is 5.43 Å². The average Bonchev–Trinajstić information content (AvgIpc) is 2.98. The molecule has 1 aromatic rings. The van der Waals surface area contributed by atoms with E-state index in [1.807, 2.05) is 0 Å². The fourth-order valence-corrected chi connectivity index (χ4v) is 2.74. The molecule has 1 aliphatic rings. The first-order chi connectivity index (χ1) is 11.0. The van der Waals surface area contributed by atoms with Crippen LogP contribution in [-0.4, -0.2) is 45.9 Å². The Morgan fingerprint density at radius 1 is 1.52 bits per heavy atom. The number of hydrogen-bond acceptors (Lipinski definition) is 6. The summed E-state index contributed by atoms with van der Waals surface area (Å²) in [6.45, 7) is 0.610. The van der Waals surface area contributed by atoms with Crippen LogP contribution in [0.5, 0.6) is 0 Å². The number of nitrogens with one attached hydrogen (secondary N) is 1. The van der Waals surface area contributed by atoms with Gasteiger partial charge in [0.1, 0.15) is 12.3 Å². The fraction of sp³-hybridized carbons (Fsp3) is 0.467. The van der Waals surface area contributed by atoms with Crippen molar-refractivity contribution >= 4 is 17.9 Å². The molecule has 23 heavy (non-hydrogen) atoms. The molecule has 1 aliphatic heterocycles. The number of para-hydroxylation sites is 1. The molecule has 0 amide bonds.